The van der Waals surface area contributed by atoms with Gasteiger partial charge in [-0.25, -0.2) is 4.79 Å². The van der Waals surface area contributed by atoms with E-state index in [-0.39, 0.29) is 40.3 Å². The lowest BCUT2D eigenvalue weighted by atomic mass is 9.61. The molecule has 4 atom stereocenters. The summed E-state index contributed by atoms with van der Waals surface area (Å²) in [6, 6.07) is -3.07. The molecular weight excluding hydrogens is 658 g/mol. The third-order valence-corrected chi connectivity index (χ3v) is 14.2. The van der Waals surface area contributed by atoms with Crippen LogP contribution >= 0.6 is 0 Å². The average molecular weight is 726 g/mol. The molecule has 6 rings (SSSR count). The Morgan fingerprint density at radius 1 is 0.865 bits per heavy atom. The molecule has 2 aliphatic heterocycles. The zero-order chi connectivity index (χ0) is 37.5. The fourth-order valence-electron chi connectivity index (χ4n) is 9.95. The zero-order valence-corrected chi connectivity index (χ0v) is 32.6. The molecule has 6 aliphatic rings. The summed E-state index contributed by atoms with van der Waals surface area (Å²) in [6.45, 7) is 14.5. The molecule has 0 aromatic heterocycles. The van der Waals surface area contributed by atoms with Crippen LogP contribution in [0.4, 0.5) is 4.79 Å². The number of carbonyl (C=O) groups is 5. The number of likely N-dealkylation sites (tertiary alicyclic amines) is 1. The molecule has 1 spiro atoms. The summed E-state index contributed by atoms with van der Waals surface area (Å²) in [5.74, 6) is -1.75. The number of carbonyl (C=O) groups excluding carboxylic acids is 5. The van der Waals surface area contributed by atoms with Gasteiger partial charge in [-0.1, -0.05) is 79.6 Å². The number of nitrogens with two attached hydrogens (primary N) is 1. The highest BCUT2D eigenvalue weighted by Gasteiger charge is 2.52. The quantitative estimate of drug-likeness (QED) is 0.181. The normalized spacial score (nSPS) is 27.5. The molecule has 292 valence electrons. The first-order chi connectivity index (χ1) is 24.5. The molecule has 6 fully saturated rings. The third-order valence-electron chi connectivity index (χ3n) is 14.2. The van der Waals surface area contributed by atoms with Crippen LogP contribution in [-0.4, -0.2) is 101 Å². The monoisotopic (exact) mass is 726 g/mol. The van der Waals surface area contributed by atoms with Gasteiger partial charge in [-0.05, 0) is 80.0 Å². The predicted octanol–water partition coefficient (Wildman–Crippen LogP) is 3.61. The minimum atomic E-state index is -1.06. The van der Waals surface area contributed by atoms with Gasteiger partial charge in [-0.3, -0.25) is 24.1 Å². The number of Topliss-reactive ketones (excluding diaryl/α,β-unsaturated/α-hetero) is 1. The average Bonchev–Trinajstić information content (AvgIpc) is 3.58. The fourth-order valence-corrected chi connectivity index (χ4v) is 9.95. The summed E-state index contributed by atoms with van der Waals surface area (Å²) in [5, 5.41) is 13.1. The molecule has 5 amide bonds. The number of rotatable bonds is 13. The summed E-state index contributed by atoms with van der Waals surface area (Å²) >= 11 is 0. The van der Waals surface area contributed by atoms with Crippen LogP contribution in [0.2, 0.25) is 0 Å². The Balaban J connectivity index is 1.20. The molecule has 2 saturated heterocycles. The number of nitrogens with one attached hydrogen (secondary N) is 4. The number of hydrogen-bond donors (Lipinski definition) is 5. The molecule has 12 nitrogen and oxygen atoms in total. The maximum atomic E-state index is 14.8. The van der Waals surface area contributed by atoms with Gasteiger partial charge in [0.2, 0.25) is 17.6 Å². The van der Waals surface area contributed by atoms with Crippen molar-refractivity contribution in [1.29, 1.82) is 0 Å². The Kier molecular flexibility index (Phi) is 11.4. The van der Waals surface area contributed by atoms with Crippen LogP contribution in [0, 0.1) is 28.6 Å². The summed E-state index contributed by atoms with van der Waals surface area (Å²) in [7, 11) is 0. The molecule has 4 aliphatic carbocycles. The van der Waals surface area contributed by atoms with Gasteiger partial charge in [-0.2, -0.15) is 0 Å². The Hall–Kier alpha value is -2.73. The highest BCUT2D eigenvalue weighted by atomic mass is 16.2. The first-order valence-corrected chi connectivity index (χ1v) is 20.5. The minimum absolute atomic E-state index is 0.0585. The Labute approximate surface area is 311 Å². The van der Waals surface area contributed by atoms with E-state index in [0.29, 0.717) is 25.3 Å². The summed E-state index contributed by atoms with van der Waals surface area (Å²) < 4.78 is 0. The second-order valence-electron chi connectivity index (χ2n) is 19.4. The lowest BCUT2D eigenvalue weighted by molar-refractivity contribution is -0.143. The van der Waals surface area contributed by atoms with Crippen molar-refractivity contribution in [1.82, 2.24) is 31.1 Å². The summed E-state index contributed by atoms with van der Waals surface area (Å²) in [5.41, 5.74) is 4.56. The van der Waals surface area contributed by atoms with E-state index < -0.39 is 41.1 Å². The van der Waals surface area contributed by atoms with Crippen LogP contribution < -0.4 is 27.0 Å². The molecule has 12 heteroatoms. The number of urea groups is 1. The number of primary amides is 1. The van der Waals surface area contributed by atoms with Gasteiger partial charge in [0.05, 0.1) is 11.6 Å². The number of nitrogens with zero attached hydrogens (tertiary/aromatic N) is 2. The molecule has 0 bridgehead atoms. The van der Waals surface area contributed by atoms with Crippen molar-refractivity contribution in [2.75, 3.05) is 32.7 Å². The van der Waals surface area contributed by atoms with Gasteiger partial charge in [0, 0.05) is 38.3 Å². The third kappa shape index (κ3) is 8.63. The first-order valence-electron chi connectivity index (χ1n) is 20.5. The number of piperazine rings is 1. The molecule has 6 N–H and O–H groups in total. The maximum Gasteiger partial charge on any atom is 0.315 e. The van der Waals surface area contributed by atoms with Gasteiger partial charge < -0.3 is 31.9 Å². The van der Waals surface area contributed by atoms with Crippen LogP contribution in [0.15, 0.2) is 0 Å². The van der Waals surface area contributed by atoms with Crippen molar-refractivity contribution in [2.24, 2.45) is 34.3 Å². The van der Waals surface area contributed by atoms with Crippen molar-refractivity contribution >= 4 is 29.5 Å². The highest BCUT2D eigenvalue weighted by Crippen LogP contribution is 2.50. The molecule has 0 aromatic carbocycles. The topological polar surface area (TPSA) is 166 Å². The fraction of sp³-hybridized carbons (Fsp3) is 0.875. The molecule has 0 radical (unpaired) electrons. The van der Waals surface area contributed by atoms with Gasteiger partial charge >= 0.3 is 6.03 Å². The van der Waals surface area contributed by atoms with Gasteiger partial charge in [-0.15, -0.1) is 0 Å². The van der Waals surface area contributed by atoms with E-state index in [2.05, 4.69) is 40.0 Å². The van der Waals surface area contributed by atoms with E-state index in [1.165, 1.54) is 19.3 Å². The Morgan fingerprint density at radius 3 is 2.10 bits per heavy atom. The number of amides is 5. The van der Waals surface area contributed by atoms with E-state index in [0.717, 1.165) is 90.4 Å². The van der Waals surface area contributed by atoms with E-state index in [9.17, 15) is 24.0 Å². The van der Waals surface area contributed by atoms with Crippen molar-refractivity contribution < 1.29 is 24.0 Å². The molecule has 52 heavy (non-hydrogen) atoms. The van der Waals surface area contributed by atoms with Crippen LogP contribution in [0.1, 0.15) is 131 Å². The Bertz CT molecular complexity index is 1360. The first kappa shape index (κ1) is 39.0. The van der Waals surface area contributed by atoms with Crippen LogP contribution in [0.25, 0.3) is 0 Å². The lowest BCUT2D eigenvalue weighted by Crippen LogP contribution is -2.65. The number of ketones is 1. The van der Waals surface area contributed by atoms with Crippen LogP contribution in [-0.2, 0) is 19.2 Å². The summed E-state index contributed by atoms with van der Waals surface area (Å²) in [6.07, 6.45) is 14.7. The molecule has 0 aromatic rings. The molecular formula is C40H67N7O5. The second-order valence-corrected chi connectivity index (χ2v) is 19.4. The van der Waals surface area contributed by atoms with E-state index in [1.54, 1.807) is 4.90 Å². The minimum Gasteiger partial charge on any atom is -0.363 e. The van der Waals surface area contributed by atoms with Gasteiger partial charge in [0.25, 0.3) is 5.91 Å². The van der Waals surface area contributed by atoms with Gasteiger partial charge in [0.1, 0.15) is 12.1 Å². The largest absolute Gasteiger partial charge is 0.363 e. The molecule has 4 saturated carbocycles. The number of hydrogen-bond acceptors (Lipinski definition) is 7. The summed E-state index contributed by atoms with van der Waals surface area (Å²) in [4.78, 5) is 72.3. The lowest BCUT2D eigenvalue weighted by Gasteiger charge is -2.45. The van der Waals surface area contributed by atoms with Crippen LogP contribution in [0.3, 0.4) is 0 Å². The SMILES string of the molecule is CC(C)(C)C(NC(=O)NC1(CN2CCNC3(CC3)C2)CCCCC1)C(=O)N1CC(C(C)(C)C2CCC2)C[C@H]1C(=O)NC(CC1CCC1)C(=O)C(N)=O. The van der Waals surface area contributed by atoms with E-state index in [4.69, 9.17) is 5.73 Å². The standard InChI is InChI=1S/C40H67N7O5/c1-37(2,3)32(44-36(52)45-40(15-7-6-8-16-40)25-46-20-19-42-39(24-46)17-18-39)35(51)47-23-28(38(4,5)27-13-10-14-27)22-30(47)34(50)43-29(31(48)33(41)49)21-26-11-9-12-26/h26-30,32,42H,6-25H2,1-5H3,(H2,41,49)(H,43,50)(H2,44,45,52)/t28?,29?,30-,32?/m0/s1. The van der Waals surface area contributed by atoms with Crippen molar-refractivity contribution in [3.63, 3.8) is 0 Å². The van der Waals surface area contributed by atoms with Crippen molar-refractivity contribution in [3.05, 3.63) is 0 Å². The van der Waals surface area contributed by atoms with Crippen LogP contribution in [0.5, 0.6) is 0 Å². The van der Waals surface area contributed by atoms with Crippen molar-refractivity contribution in [3.8, 4) is 0 Å². The van der Waals surface area contributed by atoms with E-state index in [1.807, 2.05) is 20.8 Å². The highest BCUT2D eigenvalue weighted by molar-refractivity contribution is 6.37. The van der Waals surface area contributed by atoms with Gasteiger partial charge in [0.15, 0.2) is 0 Å². The zero-order valence-electron chi connectivity index (χ0n) is 32.6. The maximum absolute atomic E-state index is 14.8. The smallest absolute Gasteiger partial charge is 0.315 e. The van der Waals surface area contributed by atoms with Crippen molar-refractivity contribution in [2.45, 2.75) is 160 Å². The Morgan fingerprint density at radius 2 is 1.54 bits per heavy atom. The molecule has 2 heterocycles. The van der Waals surface area contributed by atoms with E-state index >= 15 is 0 Å². The second kappa shape index (κ2) is 15.2. The molecule has 3 unspecified atom stereocenters. The predicted molar refractivity (Wildman–Crippen MR) is 200 cm³/mol.